The lowest BCUT2D eigenvalue weighted by atomic mass is 9.90. The highest BCUT2D eigenvalue weighted by molar-refractivity contribution is 6.00. The second-order valence-corrected chi connectivity index (χ2v) is 4.65. The maximum absolute atomic E-state index is 12.6. The number of benzene rings is 1. The third-order valence-electron chi connectivity index (χ3n) is 3.10. The minimum atomic E-state index is -0.421. The van der Waals surface area contributed by atoms with Gasteiger partial charge in [-0.25, -0.2) is 0 Å². The molecule has 0 saturated carbocycles. The van der Waals surface area contributed by atoms with Crippen LogP contribution in [0.25, 0.3) is 0 Å². The normalized spacial score (nSPS) is 11.8. The Kier molecular flexibility index (Phi) is 4.71. The first-order valence-corrected chi connectivity index (χ1v) is 6.53. The summed E-state index contributed by atoms with van der Waals surface area (Å²) in [5, 5.41) is 0. The number of ketones is 2. The van der Waals surface area contributed by atoms with Gasteiger partial charge in [0.05, 0.1) is 11.6 Å². The van der Waals surface area contributed by atoms with E-state index in [1.165, 1.54) is 6.92 Å². The van der Waals surface area contributed by atoms with Gasteiger partial charge in [0, 0.05) is 30.6 Å². The lowest BCUT2D eigenvalue weighted by Gasteiger charge is -2.14. The summed E-state index contributed by atoms with van der Waals surface area (Å²) in [6, 6.07) is 9.07. The summed E-state index contributed by atoms with van der Waals surface area (Å²) in [6.07, 6.45) is 5.54. The number of carbonyl (C=O) groups excluding carboxylic acids is 2. The number of nitrogens with zero attached hydrogens (tertiary/aromatic N) is 2. The highest BCUT2D eigenvalue weighted by atomic mass is 16.1. The van der Waals surface area contributed by atoms with Crippen molar-refractivity contribution in [2.24, 2.45) is 0 Å². The van der Waals surface area contributed by atoms with E-state index in [4.69, 9.17) is 0 Å². The van der Waals surface area contributed by atoms with Gasteiger partial charge in [-0.3, -0.25) is 14.8 Å². The maximum atomic E-state index is 12.6. The summed E-state index contributed by atoms with van der Waals surface area (Å²) >= 11 is 0. The monoisotopic (exact) mass is 268 g/mol. The topological polar surface area (TPSA) is 59.9 Å². The van der Waals surface area contributed by atoms with Gasteiger partial charge in [-0.15, -0.1) is 0 Å². The first-order valence-electron chi connectivity index (χ1n) is 6.53. The van der Waals surface area contributed by atoms with Gasteiger partial charge in [0.1, 0.15) is 5.78 Å². The Labute approximate surface area is 117 Å². The van der Waals surface area contributed by atoms with Crippen LogP contribution in [0.5, 0.6) is 0 Å². The molecule has 2 rings (SSSR count). The van der Waals surface area contributed by atoms with Crippen molar-refractivity contribution in [2.75, 3.05) is 0 Å². The first-order chi connectivity index (χ1) is 9.68. The zero-order valence-electron chi connectivity index (χ0n) is 11.3. The van der Waals surface area contributed by atoms with Gasteiger partial charge in [0.15, 0.2) is 5.78 Å². The van der Waals surface area contributed by atoms with E-state index >= 15 is 0 Å². The van der Waals surface area contributed by atoms with Crippen LogP contribution in [-0.4, -0.2) is 21.5 Å². The quantitative estimate of drug-likeness (QED) is 0.756. The van der Waals surface area contributed by atoms with Crippen LogP contribution in [0.1, 0.15) is 41.7 Å². The fraction of sp³-hybridized carbons (Fsp3) is 0.250. The summed E-state index contributed by atoms with van der Waals surface area (Å²) in [5.41, 5.74) is 1.24. The van der Waals surface area contributed by atoms with Gasteiger partial charge < -0.3 is 4.79 Å². The highest BCUT2D eigenvalue weighted by Gasteiger charge is 2.23. The Morgan fingerprint density at radius 2 is 1.90 bits per heavy atom. The van der Waals surface area contributed by atoms with Crippen LogP contribution in [0.15, 0.2) is 48.9 Å². The number of carbonyl (C=O) groups is 2. The molecule has 0 radical (unpaired) electrons. The van der Waals surface area contributed by atoms with Crippen molar-refractivity contribution in [3.8, 4) is 0 Å². The van der Waals surface area contributed by atoms with Crippen LogP contribution in [0.4, 0.5) is 0 Å². The summed E-state index contributed by atoms with van der Waals surface area (Å²) in [6.45, 7) is 1.53. The van der Waals surface area contributed by atoms with Crippen LogP contribution in [0.2, 0.25) is 0 Å². The lowest BCUT2D eigenvalue weighted by Crippen LogP contribution is -2.15. The van der Waals surface area contributed by atoms with Crippen LogP contribution in [-0.2, 0) is 4.79 Å². The summed E-state index contributed by atoms with van der Waals surface area (Å²) in [7, 11) is 0. The molecule has 0 N–H and O–H groups in total. The molecule has 0 saturated heterocycles. The Morgan fingerprint density at radius 1 is 1.15 bits per heavy atom. The Balaban J connectivity index is 2.27. The zero-order valence-corrected chi connectivity index (χ0v) is 11.3. The van der Waals surface area contributed by atoms with Crippen molar-refractivity contribution < 1.29 is 9.59 Å². The van der Waals surface area contributed by atoms with Crippen molar-refractivity contribution in [2.45, 2.75) is 25.7 Å². The number of hydrogen-bond donors (Lipinski definition) is 0. The van der Waals surface area contributed by atoms with Crippen molar-refractivity contribution in [1.82, 2.24) is 9.97 Å². The third-order valence-corrected chi connectivity index (χ3v) is 3.10. The van der Waals surface area contributed by atoms with Crippen molar-refractivity contribution in [3.63, 3.8) is 0 Å². The van der Waals surface area contributed by atoms with E-state index in [0.29, 0.717) is 24.1 Å². The molecule has 0 spiro atoms. The minimum absolute atomic E-state index is 0.0210. The Morgan fingerprint density at radius 3 is 2.50 bits per heavy atom. The molecule has 0 fully saturated rings. The Hall–Kier alpha value is -2.36. The van der Waals surface area contributed by atoms with E-state index in [0.717, 1.165) is 0 Å². The van der Waals surface area contributed by atoms with Crippen LogP contribution in [0.3, 0.4) is 0 Å². The first kappa shape index (κ1) is 14.1. The number of aromatic nitrogens is 2. The van der Waals surface area contributed by atoms with Crippen molar-refractivity contribution in [1.29, 1.82) is 0 Å². The molecule has 4 heteroatoms. The van der Waals surface area contributed by atoms with Gasteiger partial charge in [0.2, 0.25) is 0 Å². The number of Topliss-reactive ketones (excluding diaryl/α,β-unsaturated/α-hetero) is 2. The molecule has 20 heavy (non-hydrogen) atoms. The molecule has 2 aromatic rings. The van der Waals surface area contributed by atoms with E-state index in [-0.39, 0.29) is 11.6 Å². The smallest absolute Gasteiger partial charge is 0.171 e. The van der Waals surface area contributed by atoms with E-state index in [1.807, 2.05) is 18.2 Å². The predicted octanol–water partition coefficient (Wildman–Crippen LogP) is 2.81. The summed E-state index contributed by atoms with van der Waals surface area (Å²) in [4.78, 5) is 32.0. The number of hydrogen-bond acceptors (Lipinski definition) is 4. The van der Waals surface area contributed by atoms with E-state index in [1.54, 1.807) is 30.7 Å². The second-order valence-electron chi connectivity index (χ2n) is 4.65. The van der Waals surface area contributed by atoms with Crippen molar-refractivity contribution in [3.05, 3.63) is 60.2 Å². The molecule has 0 bridgehead atoms. The molecule has 4 nitrogen and oxygen atoms in total. The van der Waals surface area contributed by atoms with E-state index in [2.05, 4.69) is 9.97 Å². The van der Waals surface area contributed by atoms with Crippen molar-refractivity contribution >= 4 is 11.6 Å². The summed E-state index contributed by atoms with van der Waals surface area (Å²) < 4.78 is 0. The molecule has 0 aliphatic rings. The van der Waals surface area contributed by atoms with Crippen LogP contribution < -0.4 is 0 Å². The fourth-order valence-electron chi connectivity index (χ4n) is 2.06. The average Bonchev–Trinajstić information content (AvgIpc) is 2.49. The van der Waals surface area contributed by atoms with Gasteiger partial charge in [-0.05, 0) is 13.3 Å². The minimum Gasteiger partial charge on any atom is -0.300 e. The van der Waals surface area contributed by atoms with Crippen LogP contribution >= 0.6 is 0 Å². The summed E-state index contributed by atoms with van der Waals surface area (Å²) in [5.74, 6) is -0.373. The van der Waals surface area contributed by atoms with Gasteiger partial charge in [-0.1, -0.05) is 30.3 Å². The largest absolute Gasteiger partial charge is 0.300 e. The Bertz CT molecular complexity index is 582. The lowest BCUT2D eigenvalue weighted by molar-refractivity contribution is -0.117. The molecule has 0 unspecified atom stereocenters. The molecule has 1 heterocycles. The SMILES string of the molecule is CC(=O)CC[C@@H](C(=O)c1ccccc1)c1cnccn1. The molecule has 0 amide bonds. The fourth-order valence-corrected chi connectivity index (χ4v) is 2.06. The molecule has 1 aromatic heterocycles. The van der Waals surface area contributed by atoms with Gasteiger partial charge >= 0.3 is 0 Å². The van der Waals surface area contributed by atoms with E-state index in [9.17, 15) is 9.59 Å². The standard InChI is InChI=1S/C16H16N2O2/c1-12(19)7-8-14(15-11-17-9-10-18-15)16(20)13-5-3-2-4-6-13/h2-6,9-11,14H,7-8H2,1H3/t14-/m1/s1. The molecule has 0 aliphatic heterocycles. The average molecular weight is 268 g/mol. The van der Waals surface area contributed by atoms with E-state index < -0.39 is 5.92 Å². The van der Waals surface area contributed by atoms with Crippen LogP contribution in [0, 0.1) is 0 Å². The highest BCUT2D eigenvalue weighted by Crippen LogP contribution is 2.23. The third kappa shape index (κ3) is 3.57. The number of rotatable bonds is 6. The van der Waals surface area contributed by atoms with Gasteiger partial charge in [-0.2, -0.15) is 0 Å². The predicted molar refractivity (Wildman–Crippen MR) is 75.5 cm³/mol. The molecule has 0 aliphatic carbocycles. The van der Waals surface area contributed by atoms with Gasteiger partial charge in [0.25, 0.3) is 0 Å². The molecule has 1 aromatic carbocycles. The molecular formula is C16H16N2O2. The molecular weight excluding hydrogens is 252 g/mol. The second kappa shape index (κ2) is 6.70. The zero-order chi connectivity index (χ0) is 14.4. The molecule has 1 atom stereocenters. The molecule has 102 valence electrons. The maximum Gasteiger partial charge on any atom is 0.171 e.